The van der Waals surface area contributed by atoms with Crippen LogP contribution in [-0.4, -0.2) is 17.4 Å². The molecule has 0 saturated heterocycles. The van der Waals surface area contributed by atoms with Crippen LogP contribution in [0.3, 0.4) is 0 Å². The van der Waals surface area contributed by atoms with Crippen molar-refractivity contribution in [1.29, 1.82) is 0 Å². The summed E-state index contributed by atoms with van der Waals surface area (Å²) in [7, 11) is 0. The molecule has 1 aromatic heterocycles. The zero-order valence-electron chi connectivity index (χ0n) is 6.00. The van der Waals surface area contributed by atoms with Crippen LogP contribution in [0.2, 0.25) is 0 Å². The number of hydrogen-bond acceptors (Lipinski definition) is 2. The minimum atomic E-state index is 0.0219. The first-order valence-electron chi connectivity index (χ1n) is 3.59. The molecule has 56 valence electrons. The molecule has 1 amide bonds. The normalized spacial score (nSPS) is 15.5. The van der Waals surface area contributed by atoms with Crippen molar-refractivity contribution in [2.45, 2.75) is 6.42 Å². The number of nitrogens with zero attached hydrogens (tertiary/aromatic N) is 1. The smallest absolute Gasteiger partial charge is 0.251 e. The van der Waals surface area contributed by atoms with Gasteiger partial charge in [-0.05, 0) is 18.1 Å². The highest BCUT2D eigenvalue weighted by molar-refractivity contribution is 5.96. The van der Waals surface area contributed by atoms with Crippen LogP contribution in [0, 0.1) is 0 Å². The second kappa shape index (κ2) is 2.34. The third kappa shape index (κ3) is 0.981. The number of rotatable bonds is 0. The van der Waals surface area contributed by atoms with Crippen molar-refractivity contribution in [3.8, 4) is 0 Å². The molecule has 1 N–H and O–H groups in total. The standard InChI is InChI=1S/C8H8N2O/c11-8-7-2-3-9-5-6(7)1-4-10-8/h2-3,5H,1,4H2,(H,10,11). The molecule has 0 fully saturated rings. The van der Waals surface area contributed by atoms with E-state index >= 15 is 0 Å². The SMILES string of the molecule is O=C1NCCc2cnccc21. The van der Waals surface area contributed by atoms with Crippen molar-refractivity contribution in [3.05, 3.63) is 29.6 Å². The van der Waals surface area contributed by atoms with E-state index in [-0.39, 0.29) is 5.91 Å². The molecule has 0 spiro atoms. The highest BCUT2D eigenvalue weighted by Gasteiger charge is 2.14. The van der Waals surface area contributed by atoms with Crippen LogP contribution >= 0.6 is 0 Å². The minimum Gasteiger partial charge on any atom is -0.352 e. The van der Waals surface area contributed by atoms with Gasteiger partial charge >= 0.3 is 0 Å². The molecule has 2 rings (SSSR count). The van der Waals surface area contributed by atoms with Gasteiger partial charge in [-0.2, -0.15) is 0 Å². The second-order valence-electron chi connectivity index (χ2n) is 2.54. The molecule has 0 saturated carbocycles. The minimum absolute atomic E-state index is 0.0219. The Morgan fingerprint density at radius 3 is 3.27 bits per heavy atom. The van der Waals surface area contributed by atoms with E-state index in [1.807, 2.05) is 0 Å². The van der Waals surface area contributed by atoms with E-state index in [2.05, 4.69) is 10.3 Å². The van der Waals surface area contributed by atoms with Gasteiger partial charge in [-0.25, -0.2) is 0 Å². The maximum absolute atomic E-state index is 11.1. The Hall–Kier alpha value is -1.38. The first-order chi connectivity index (χ1) is 5.38. The van der Waals surface area contributed by atoms with Gasteiger partial charge in [0.25, 0.3) is 5.91 Å². The first-order valence-corrected chi connectivity index (χ1v) is 3.59. The Balaban J connectivity index is 2.52. The van der Waals surface area contributed by atoms with E-state index in [1.54, 1.807) is 18.5 Å². The van der Waals surface area contributed by atoms with E-state index in [4.69, 9.17) is 0 Å². The first kappa shape index (κ1) is 6.34. The predicted molar refractivity (Wildman–Crippen MR) is 40.3 cm³/mol. The summed E-state index contributed by atoms with van der Waals surface area (Å²) in [5.74, 6) is 0.0219. The highest BCUT2D eigenvalue weighted by Crippen LogP contribution is 2.10. The average molecular weight is 148 g/mol. The molecule has 1 aliphatic heterocycles. The molecule has 11 heavy (non-hydrogen) atoms. The maximum atomic E-state index is 11.1. The number of aromatic nitrogens is 1. The molecule has 0 atom stereocenters. The van der Waals surface area contributed by atoms with E-state index in [1.165, 1.54) is 0 Å². The Morgan fingerprint density at radius 2 is 2.45 bits per heavy atom. The molecule has 1 aromatic rings. The summed E-state index contributed by atoms with van der Waals surface area (Å²) in [5, 5.41) is 2.77. The zero-order chi connectivity index (χ0) is 7.68. The van der Waals surface area contributed by atoms with Crippen LogP contribution in [-0.2, 0) is 6.42 Å². The monoisotopic (exact) mass is 148 g/mol. The second-order valence-corrected chi connectivity index (χ2v) is 2.54. The molecule has 3 heteroatoms. The lowest BCUT2D eigenvalue weighted by Gasteiger charge is -2.14. The van der Waals surface area contributed by atoms with Crippen molar-refractivity contribution in [1.82, 2.24) is 10.3 Å². The Morgan fingerprint density at radius 1 is 1.55 bits per heavy atom. The molecule has 0 aromatic carbocycles. The molecule has 1 aliphatic rings. The number of hydrogen-bond donors (Lipinski definition) is 1. The van der Waals surface area contributed by atoms with Gasteiger partial charge in [-0.1, -0.05) is 0 Å². The van der Waals surface area contributed by atoms with Gasteiger partial charge in [0.15, 0.2) is 0 Å². The fourth-order valence-corrected chi connectivity index (χ4v) is 1.25. The van der Waals surface area contributed by atoms with Crippen LogP contribution in [0.1, 0.15) is 15.9 Å². The van der Waals surface area contributed by atoms with Gasteiger partial charge in [0.1, 0.15) is 0 Å². The highest BCUT2D eigenvalue weighted by atomic mass is 16.1. The van der Waals surface area contributed by atoms with Gasteiger partial charge in [-0.3, -0.25) is 9.78 Å². The third-order valence-corrected chi connectivity index (χ3v) is 1.83. The summed E-state index contributed by atoms with van der Waals surface area (Å²) >= 11 is 0. The lowest BCUT2D eigenvalue weighted by Crippen LogP contribution is -2.31. The Labute approximate surface area is 64.5 Å². The van der Waals surface area contributed by atoms with Crippen molar-refractivity contribution >= 4 is 5.91 Å². The molecule has 0 bridgehead atoms. The van der Waals surface area contributed by atoms with Crippen molar-refractivity contribution < 1.29 is 4.79 Å². The quantitative estimate of drug-likeness (QED) is 0.577. The van der Waals surface area contributed by atoms with Crippen molar-refractivity contribution in [3.63, 3.8) is 0 Å². The lowest BCUT2D eigenvalue weighted by atomic mass is 10.0. The van der Waals surface area contributed by atoms with Crippen LogP contribution in [0.4, 0.5) is 0 Å². The number of pyridine rings is 1. The summed E-state index contributed by atoms with van der Waals surface area (Å²) in [6.45, 7) is 0.734. The van der Waals surface area contributed by atoms with E-state index in [9.17, 15) is 4.79 Å². The summed E-state index contributed by atoms with van der Waals surface area (Å²) < 4.78 is 0. The predicted octanol–water partition coefficient (Wildman–Crippen LogP) is 0.367. The van der Waals surface area contributed by atoms with Crippen LogP contribution in [0.5, 0.6) is 0 Å². The van der Waals surface area contributed by atoms with E-state index < -0.39 is 0 Å². The lowest BCUT2D eigenvalue weighted by molar-refractivity contribution is 0.0946. The Bertz CT molecular complexity index is 296. The Kier molecular flexibility index (Phi) is 1.35. The summed E-state index contributed by atoms with van der Waals surface area (Å²) in [4.78, 5) is 15.1. The number of nitrogens with one attached hydrogen (secondary N) is 1. The molecule has 0 aliphatic carbocycles. The summed E-state index contributed by atoms with van der Waals surface area (Å²) in [6.07, 6.45) is 4.30. The van der Waals surface area contributed by atoms with E-state index in [0.29, 0.717) is 0 Å². The van der Waals surface area contributed by atoms with Gasteiger partial charge in [-0.15, -0.1) is 0 Å². The molecule has 0 radical (unpaired) electrons. The van der Waals surface area contributed by atoms with Gasteiger partial charge in [0.2, 0.25) is 0 Å². The fraction of sp³-hybridized carbons (Fsp3) is 0.250. The van der Waals surface area contributed by atoms with Crippen molar-refractivity contribution in [2.24, 2.45) is 0 Å². The van der Waals surface area contributed by atoms with Gasteiger partial charge < -0.3 is 5.32 Å². The number of carbonyl (C=O) groups is 1. The molecular weight excluding hydrogens is 140 g/mol. The number of amides is 1. The summed E-state index contributed by atoms with van der Waals surface area (Å²) in [5.41, 5.74) is 1.82. The summed E-state index contributed by atoms with van der Waals surface area (Å²) in [6, 6.07) is 1.75. The van der Waals surface area contributed by atoms with Gasteiger partial charge in [0, 0.05) is 24.5 Å². The van der Waals surface area contributed by atoms with Crippen LogP contribution in [0.25, 0.3) is 0 Å². The average Bonchev–Trinajstić information content (AvgIpc) is 2.06. The molecule has 0 unspecified atom stereocenters. The third-order valence-electron chi connectivity index (χ3n) is 1.83. The number of fused-ring (bicyclic) bond motifs is 1. The van der Waals surface area contributed by atoms with Gasteiger partial charge in [0.05, 0.1) is 0 Å². The number of carbonyl (C=O) groups excluding carboxylic acids is 1. The topological polar surface area (TPSA) is 42.0 Å². The van der Waals surface area contributed by atoms with Crippen LogP contribution < -0.4 is 5.32 Å². The molecule has 2 heterocycles. The fourth-order valence-electron chi connectivity index (χ4n) is 1.25. The van der Waals surface area contributed by atoms with Crippen LogP contribution in [0.15, 0.2) is 18.5 Å². The molecular formula is C8H8N2O. The zero-order valence-corrected chi connectivity index (χ0v) is 6.00. The van der Waals surface area contributed by atoms with Crippen molar-refractivity contribution in [2.75, 3.05) is 6.54 Å². The van der Waals surface area contributed by atoms with E-state index in [0.717, 1.165) is 24.1 Å². The maximum Gasteiger partial charge on any atom is 0.251 e. The molecule has 3 nitrogen and oxygen atoms in total. The largest absolute Gasteiger partial charge is 0.352 e.